The van der Waals surface area contributed by atoms with E-state index in [-0.39, 0.29) is 0 Å². The van der Waals surface area contributed by atoms with E-state index in [2.05, 4.69) is 16.7 Å². The van der Waals surface area contributed by atoms with Crippen molar-refractivity contribution in [3.63, 3.8) is 0 Å². The van der Waals surface area contributed by atoms with Crippen LogP contribution in [-0.2, 0) is 0 Å². The van der Waals surface area contributed by atoms with Crippen molar-refractivity contribution in [2.24, 2.45) is 0 Å². The molecular formula is C12H15N3O. The summed E-state index contributed by atoms with van der Waals surface area (Å²) in [6.45, 7) is 5.79. The molecule has 2 aromatic heterocycles. The van der Waals surface area contributed by atoms with Crippen LogP contribution in [0.15, 0.2) is 36.9 Å². The zero-order chi connectivity index (χ0) is 11.5. The molecule has 0 fully saturated rings. The maximum Gasteiger partial charge on any atom is 0.0902 e. The summed E-state index contributed by atoms with van der Waals surface area (Å²) in [5.41, 5.74) is 2.76. The van der Waals surface area contributed by atoms with Gasteiger partial charge >= 0.3 is 0 Å². The quantitative estimate of drug-likeness (QED) is 0.798. The molecule has 0 saturated heterocycles. The van der Waals surface area contributed by atoms with Gasteiger partial charge < -0.3 is 5.11 Å². The van der Waals surface area contributed by atoms with E-state index in [1.165, 1.54) is 0 Å². The molecule has 84 valence electrons. The third kappa shape index (κ3) is 2.12. The van der Waals surface area contributed by atoms with Crippen LogP contribution in [0.1, 0.15) is 31.4 Å². The Balaban J connectivity index is 2.22. The van der Waals surface area contributed by atoms with Gasteiger partial charge in [0.05, 0.1) is 24.0 Å². The second kappa shape index (κ2) is 4.45. The van der Waals surface area contributed by atoms with Crippen molar-refractivity contribution < 1.29 is 5.11 Å². The van der Waals surface area contributed by atoms with Crippen LogP contribution in [0.3, 0.4) is 0 Å². The molecular weight excluding hydrogens is 202 g/mol. The predicted molar refractivity (Wildman–Crippen MR) is 62.0 cm³/mol. The lowest BCUT2D eigenvalue weighted by molar-refractivity contribution is 0.169. The number of aliphatic hydroxyl groups excluding tert-OH is 1. The standard InChI is InChI=1S/C12H15N3O/c1-9(2)3-4-12(16)10-7-14-15-6-5-13-8-11(10)15/h5-8,12,16H,1,3-4H2,2H3. The minimum absolute atomic E-state index is 0.501. The Morgan fingerprint density at radius 3 is 3.12 bits per heavy atom. The molecule has 16 heavy (non-hydrogen) atoms. The monoisotopic (exact) mass is 217 g/mol. The molecule has 0 aromatic carbocycles. The third-order valence-corrected chi connectivity index (χ3v) is 2.56. The number of nitrogens with zero attached hydrogens (tertiary/aromatic N) is 3. The number of aromatic nitrogens is 3. The van der Waals surface area contributed by atoms with E-state index in [4.69, 9.17) is 0 Å². The number of rotatable bonds is 4. The second-order valence-electron chi connectivity index (χ2n) is 4.02. The van der Waals surface area contributed by atoms with Crippen LogP contribution < -0.4 is 0 Å². The van der Waals surface area contributed by atoms with Gasteiger partial charge in [0.2, 0.25) is 0 Å². The fourth-order valence-corrected chi connectivity index (χ4v) is 1.65. The van der Waals surface area contributed by atoms with Gasteiger partial charge in [0.15, 0.2) is 0 Å². The molecule has 0 spiro atoms. The largest absolute Gasteiger partial charge is 0.388 e. The first-order chi connectivity index (χ1) is 7.68. The molecule has 0 aliphatic heterocycles. The number of hydrogen-bond acceptors (Lipinski definition) is 3. The molecule has 0 amide bonds. The molecule has 1 atom stereocenters. The van der Waals surface area contributed by atoms with Crippen LogP contribution >= 0.6 is 0 Å². The zero-order valence-corrected chi connectivity index (χ0v) is 9.30. The van der Waals surface area contributed by atoms with Crippen molar-refractivity contribution in [2.75, 3.05) is 0 Å². The first-order valence-electron chi connectivity index (χ1n) is 5.28. The highest BCUT2D eigenvalue weighted by Crippen LogP contribution is 2.23. The Labute approximate surface area is 94.3 Å². The molecule has 0 saturated carbocycles. The van der Waals surface area contributed by atoms with Gasteiger partial charge in [0.1, 0.15) is 0 Å². The maximum atomic E-state index is 10.0. The second-order valence-corrected chi connectivity index (χ2v) is 4.02. The molecule has 0 aliphatic carbocycles. The van der Waals surface area contributed by atoms with Gasteiger partial charge in [-0.1, -0.05) is 5.57 Å². The summed E-state index contributed by atoms with van der Waals surface area (Å²) in [5.74, 6) is 0. The molecule has 0 bridgehead atoms. The van der Waals surface area contributed by atoms with Crippen LogP contribution in [0.5, 0.6) is 0 Å². The van der Waals surface area contributed by atoms with E-state index in [1.54, 1.807) is 29.3 Å². The number of allylic oxidation sites excluding steroid dienone is 1. The summed E-state index contributed by atoms with van der Waals surface area (Å²) in [4.78, 5) is 4.03. The van der Waals surface area contributed by atoms with Crippen molar-refractivity contribution in [3.8, 4) is 0 Å². The number of fused-ring (bicyclic) bond motifs is 1. The van der Waals surface area contributed by atoms with Gasteiger partial charge in [0, 0.05) is 18.0 Å². The van der Waals surface area contributed by atoms with E-state index in [1.807, 2.05) is 6.92 Å². The average molecular weight is 217 g/mol. The predicted octanol–water partition coefficient (Wildman–Crippen LogP) is 2.12. The van der Waals surface area contributed by atoms with Crippen molar-refractivity contribution in [1.29, 1.82) is 0 Å². The van der Waals surface area contributed by atoms with Crippen LogP contribution in [0.25, 0.3) is 5.52 Å². The highest BCUT2D eigenvalue weighted by Gasteiger charge is 2.13. The molecule has 1 N–H and O–H groups in total. The normalized spacial score (nSPS) is 12.9. The molecule has 4 heteroatoms. The Bertz CT molecular complexity index is 504. The zero-order valence-electron chi connectivity index (χ0n) is 9.30. The summed E-state index contributed by atoms with van der Waals surface area (Å²) >= 11 is 0. The van der Waals surface area contributed by atoms with Crippen molar-refractivity contribution >= 4 is 5.52 Å². The summed E-state index contributed by atoms with van der Waals surface area (Å²) in [6.07, 6.45) is 7.84. The van der Waals surface area contributed by atoms with E-state index >= 15 is 0 Å². The van der Waals surface area contributed by atoms with Crippen LogP contribution in [-0.4, -0.2) is 19.7 Å². The van der Waals surface area contributed by atoms with E-state index in [9.17, 15) is 5.11 Å². The lowest BCUT2D eigenvalue weighted by Crippen LogP contribution is -1.97. The summed E-state index contributed by atoms with van der Waals surface area (Å²) in [5, 5.41) is 14.2. The lowest BCUT2D eigenvalue weighted by atomic mass is 10.0. The van der Waals surface area contributed by atoms with E-state index < -0.39 is 6.10 Å². The fraction of sp³-hybridized carbons (Fsp3) is 0.333. The molecule has 2 heterocycles. The molecule has 1 unspecified atom stereocenters. The SMILES string of the molecule is C=C(C)CCC(O)c1cnn2ccncc12. The molecule has 0 radical (unpaired) electrons. The van der Waals surface area contributed by atoms with Crippen molar-refractivity contribution in [2.45, 2.75) is 25.9 Å². The average Bonchev–Trinajstić information content (AvgIpc) is 2.69. The summed E-state index contributed by atoms with van der Waals surface area (Å²) in [6, 6.07) is 0. The highest BCUT2D eigenvalue weighted by atomic mass is 16.3. The Morgan fingerprint density at radius 2 is 2.38 bits per heavy atom. The topological polar surface area (TPSA) is 50.4 Å². The summed E-state index contributed by atoms with van der Waals surface area (Å²) < 4.78 is 1.71. The minimum Gasteiger partial charge on any atom is -0.388 e. The molecule has 0 aliphatic rings. The van der Waals surface area contributed by atoms with Gasteiger partial charge in [-0.05, 0) is 19.8 Å². The molecule has 2 rings (SSSR count). The van der Waals surface area contributed by atoms with Gasteiger partial charge in [-0.2, -0.15) is 5.10 Å². The first kappa shape index (κ1) is 10.8. The van der Waals surface area contributed by atoms with Gasteiger partial charge in [-0.25, -0.2) is 4.52 Å². The highest BCUT2D eigenvalue weighted by molar-refractivity contribution is 5.52. The van der Waals surface area contributed by atoms with Crippen LogP contribution in [0, 0.1) is 0 Å². The Hall–Kier alpha value is -1.68. The summed E-state index contributed by atoms with van der Waals surface area (Å²) in [7, 11) is 0. The number of aliphatic hydroxyl groups is 1. The van der Waals surface area contributed by atoms with E-state index in [0.29, 0.717) is 6.42 Å². The van der Waals surface area contributed by atoms with Gasteiger partial charge in [-0.3, -0.25) is 4.98 Å². The van der Waals surface area contributed by atoms with Crippen LogP contribution in [0.2, 0.25) is 0 Å². The number of hydrogen-bond donors (Lipinski definition) is 1. The van der Waals surface area contributed by atoms with Gasteiger partial charge in [0.25, 0.3) is 0 Å². The van der Waals surface area contributed by atoms with Crippen molar-refractivity contribution in [1.82, 2.24) is 14.6 Å². The fourth-order valence-electron chi connectivity index (χ4n) is 1.65. The molecule has 2 aromatic rings. The van der Waals surface area contributed by atoms with Gasteiger partial charge in [-0.15, -0.1) is 6.58 Å². The van der Waals surface area contributed by atoms with Crippen molar-refractivity contribution in [3.05, 3.63) is 42.5 Å². The lowest BCUT2D eigenvalue weighted by Gasteiger charge is -2.08. The maximum absolute atomic E-state index is 10.0. The third-order valence-electron chi connectivity index (χ3n) is 2.56. The Kier molecular flexibility index (Phi) is 3.01. The molecule has 4 nitrogen and oxygen atoms in total. The van der Waals surface area contributed by atoms with Crippen LogP contribution in [0.4, 0.5) is 0 Å². The smallest absolute Gasteiger partial charge is 0.0902 e. The van der Waals surface area contributed by atoms with E-state index in [0.717, 1.165) is 23.1 Å². The Morgan fingerprint density at radius 1 is 1.56 bits per heavy atom. The first-order valence-corrected chi connectivity index (χ1v) is 5.28. The minimum atomic E-state index is -0.501.